The third-order valence-corrected chi connectivity index (χ3v) is 2.24. The second kappa shape index (κ2) is 5.31. The zero-order chi connectivity index (χ0) is 13.0. The minimum absolute atomic E-state index is 0.155. The minimum Gasteiger partial charge on any atom is -0.481 e. The summed E-state index contributed by atoms with van der Waals surface area (Å²) < 4.78 is 15.6. The second-order valence-corrected chi connectivity index (χ2v) is 3.42. The number of hydrogen-bond acceptors (Lipinski definition) is 6. The maximum Gasteiger partial charge on any atom is 0.328 e. The van der Waals surface area contributed by atoms with E-state index >= 15 is 0 Å². The van der Waals surface area contributed by atoms with Crippen molar-refractivity contribution in [3.05, 3.63) is 30.1 Å². The van der Waals surface area contributed by atoms with Crippen LogP contribution in [0.2, 0.25) is 0 Å². The third kappa shape index (κ3) is 2.65. The van der Waals surface area contributed by atoms with E-state index in [0.29, 0.717) is 17.5 Å². The number of ether oxygens (including phenoxy) is 3. The standard InChI is InChI=1S/C12H13N3O3/c1-8-9(5-4-6-13-8)18-12-14-10(16-2)7-11(15-12)17-3/h4-7H,1-3H3. The van der Waals surface area contributed by atoms with Gasteiger partial charge in [-0.15, -0.1) is 0 Å². The van der Waals surface area contributed by atoms with Crippen LogP contribution in [0.1, 0.15) is 5.69 Å². The van der Waals surface area contributed by atoms with Crippen molar-refractivity contribution in [3.63, 3.8) is 0 Å². The molecule has 0 aliphatic rings. The Labute approximate surface area is 105 Å². The topological polar surface area (TPSA) is 66.4 Å². The van der Waals surface area contributed by atoms with Gasteiger partial charge in [0.1, 0.15) is 0 Å². The van der Waals surface area contributed by atoms with E-state index in [2.05, 4.69) is 15.0 Å². The number of hydrogen-bond donors (Lipinski definition) is 0. The van der Waals surface area contributed by atoms with E-state index in [4.69, 9.17) is 14.2 Å². The first kappa shape index (κ1) is 12.1. The Kier molecular flexibility index (Phi) is 3.57. The van der Waals surface area contributed by atoms with E-state index in [1.54, 1.807) is 24.4 Å². The van der Waals surface area contributed by atoms with Crippen molar-refractivity contribution in [2.75, 3.05) is 14.2 Å². The molecule has 0 saturated carbocycles. The van der Waals surface area contributed by atoms with Crippen molar-refractivity contribution in [2.24, 2.45) is 0 Å². The molecule has 18 heavy (non-hydrogen) atoms. The number of aromatic nitrogens is 3. The van der Waals surface area contributed by atoms with Crippen LogP contribution < -0.4 is 14.2 Å². The summed E-state index contributed by atoms with van der Waals surface area (Å²) in [6.07, 6.45) is 1.69. The van der Waals surface area contributed by atoms with Gasteiger partial charge in [-0.2, -0.15) is 9.97 Å². The van der Waals surface area contributed by atoms with Crippen LogP contribution >= 0.6 is 0 Å². The second-order valence-electron chi connectivity index (χ2n) is 3.42. The number of nitrogens with zero attached hydrogens (tertiary/aromatic N) is 3. The van der Waals surface area contributed by atoms with E-state index in [-0.39, 0.29) is 6.01 Å². The molecule has 0 fully saturated rings. The zero-order valence-electron chi connectivity index (χ0n) is 10.4. The SMILES string of the molecule is COc1cc(OC)nc(Oc2cccnc2C)n1. The highest BCUT2D eigenvalue weighted by Crippen LogP contribution is 2.24. The van der Waals surface area contributed by atoms with Crippen LogP contribution in [0.25, 0.3) is 0 Å². The average molecular weight is 247 g/mol. The lowest BCUT2D eigenvalue weighted by molar-refractivity contribution is 0.347. The van der Waals surface area contributed by atoms with Crippen LogP contribution in [0, 0.1) is 6.92 Å². The summed E-state index contributed by atoms with van der Waals surface area (Å²) in [6, 6.07) is 5.29. The van der Waals surface area contributed by atoms with Gasteiger partial charge >= 0.3 is 6.01 Å². The van der Waals surface area contributed by atoms with Crippen molar-refractivity contribution in [2.45, 2.75) is 6.92 Å². The van der Waals surface area contributed by atoms with Gasteiger partial charge in [0.15, 0.2) is 5.75 Å². The zero-order valence-corrected chi connectivity index (χ0v) is 10.4. The van der Waals surface area contributed by atoms with E-state index in [1.807, 2.05) is 6.92 Å². The van der Waals surface area contributed by atoms with Gasteiger partial charge in [-0.25, -0.2) is 0 Å². The fourth-order valence-electron chi connectivity index (χ4n) is 1.31. The Bertz CT molecular complexity index is 524. The van der Waals surface area contributed by atoms with Gasteiger partial charge in [-0.3, -0.25) is 4.98 Å². The highest BCUT2D eigenvalue weighted by molar-refractivity contribution is 5.30. The summed E-state index contributed by atoms with van der Waals surface area (Å²) in [7, 11) is 3.03. The Hall–Kier alpha value is -2.37. The average Bonchev–Trinajstić information content (AvgIpc) is 2.41. The monoisotopic (exact) mass is 247 g/mol. The Balaban J connectivity index is 2.31. The van der Waals surface area contributed by atoms with Crippen molar-refractivity contribution in [1.29, 1.82) is 0 Å². The molecule has 2 heterocycles. The molecule has 0 aliphatic carbocycles. The number of methoxy groups -OCH3 is 2. The van der Waals surface area contributed by atoms with Crippen LogP contribution in [0.3, 0.4) is 0 Å². The van der Waals surface area contributed by atoms with Crippen LogP contribution in [-0.2, 0) is 0 Å². The summed E-state index contributed by atoms with van der Waals surface area (Å²) in [5.74, 6) is 1.34. The molecule has 0 unspecified atom stereocenters. The first-order chi connectivity index (χ1) is 8.72. The van der Waals surface area contributed by atoms with Crippen LogP contribution in [-0.4, -0.2) is 29.2 Å². The highest BCUT2D eigenvalue weighted by atomic mass is 16.5. The van der Waals surface area contributed by atoms with Gasteiger partial charge < -0.3 is 14.2 Å². The van der Waals surface area contributed by atoms with Gasteiger partial charge in [-0.1, -0.05) is 0 Å². The number of pyridine rings is 1. The summed E-state index contributed by atoms with van der Waals surface area (Å²) in [5, 5.41) is 0. The lowest BCUT2D eigenvalue weighted by atomic mass is 10.3. The molecule has 2 aromatic rings. The molecule has 0 aromatic carbocycles. The molecule has 0 spiro atoms. The lowest BCUT2D eigenvalue weighted by Crippen LogP contribution is -1.99. The molecule has 0 amide bonds. The molecular weight excluding hydrogens is 234 g/mol. The summed E-state index contributed by atoms with van der Waals surface area (Å²) in [4.78, 5) is 12.3. The molecule has 0 bridgehead atoms. The number of aryl methyl sites for hydroxylation is 1. The van der Waals surface area contributed by atoms with E-state index in [0.717, 1.165) is 5.69 Å². The maximum absolute atomic E-state index is 5.55. The van der Waals surface area contributed by atoms with E-state index in [1.165, 1.54) is 14.2 Å². The van der Waals surface area contributed by atoms with Crippen molar-refractivity contribution < 1.29 is 14.2 Å². The molecule has 94 valence electrons. The largest absolute Gasteiger partial charge is 0.481 e. The number of rotatable bonds is 4. The normalized spacial score (nSPS) is 9.94. The van der Waals surface area contributed by atoms with Gasteiger partial charge in [0.2, 0.25) is 11.8 Å². The molecule has 0 saturated heterocycles. The van der Waals surface area contributed by atoms with Crippen molar-refractivity contribution in [3.8, 4) is 23.5 Å². The van der Waals surface area contributed by atoms with Gasteiger partial charge in [-0.05, 0) is 19.1 Å². The third-order valence-electron chi connectivity index (χ3n) is 2.24. The summed E-state index contributed by atoms with van der Waals surface area (Å²) in [6.45, 7) is 1.84. The highest BCUT2D eigenvalue weighted by Gasteiger charge is 2.09. The molecule has 6 heteroatoms. The predicted molar refractivity (Wildman–Crippen MR) is 64.2 cm³/mol. The van der Waals surface area contributed by atoms with Gasteiger partial charge in [0.05, 0.1) is 26.0 Å². The molecule has 2 rings (SSSR count). The molecular formula is C12H13N3O3. The smallest absolute Gasteiger partial charge is 0.328 e. The first-order valence-electron chi connectivity index (χ1n) is 5.29. The fraction of sp³-hybridized carbons (Fsp3) is 0.250. The van der Waals surface area contributed by atoms with Crippen molar-refractivity contribution in [1.82, 2.24) is 15.0 Å². The maximum atomic E-state index is 5.55. The molecule has 0 atom stereocenters. The molecule has 0 radical (unpaired) electrons. The van der Waals surface area contributed by atoms with Gasteiger partial charge in [0.25, 0.3) is 0 Å². The minimum atomic E-state index is 0.155. The molecule has 0 N–H and O–H groups in total. The predicted octanol–water partition coefficient (Wildman–Crippen LogP) is 1.99. The van der Waals surface area contributed by atoms with Gasteiger partial charge in [0, 0.05) is 6.20 Å². The van der Waals surface area contributed by atoms with E-state index < -0.39 is 0 Å². The Morgan fingerprint density at radius 1 is 1.06 bits per heavy atom. The van der Waals surface area contributed by atoms with Crippen molar-refractivity contribution >= 4 is 0 Å². The quantitative estimate of drug-likeness (QED) is 0.823. The molecule has 0 aliphatic heterocycles. The summed E-state index contributed by atoms with van der Waals surface area (Å²) in [5.41, 5.74) is 0.753. The fourth-order valence-corrected chi connectivity index (χ4v) is 1.31. The van der Waals surface area contributed by atoms with Crippen LogP contribution in [0.15, 0.2) is 24.4 Å². The molecule has 2 aromatic heterocycles. The Morgan fingerprint density at radius 2 is 1.72 bits per heavy atom. The Morgan fingerprint density at radius 3 is 2.28 bits per heavy atom. The lowest BCUT2D eigenvalue weighted by Gasteiger charge is -2.08. The van der Waals surface area contributed by atoms with E-state index in [9.17, 15) is 0 Å². The first-order valence-corrected chi connectivity index (χ1v) is 5.29. The van der Waals surface area contributed by atoms with Crippen LogP contribution in [0.5, 0.6) is 23.5 Å². The van der Waals surface area contributed by atoms with Crippen LogP contribution in [0.4, 0.5) is 0 Å². The summed E-state index contributed by atoms with van der Waals surface area (Å²) >= 11 is 0. The molecule has 6 nitrogen and oxygen atoms in total.